The molecular weight excluding hydrogens is 434 g/mol. The second-order valence-corrected chi connectivity index (χ2v) is 11.1. The molecule has 33 heavy (non-hydrogen) atoms. The predicted molar refractivity (Wildman–Crippen MR) is 132 cm³/mol. The fraction of sp³-hybridized carbons (Fsp3) is 0.500. The fourth-order valence-corrected chi connectivity index (χ4v) is 6.30. The molecule has 1 amide bonds. The number of hydrogen-bond donors (Lipinski definition) is 1. The van der Waals surface area contributed by atoms with E-state index in [1.165, 1.54) is 19.3 Å². The highest BCUT2D eigenvalue weighted by Gasteiger charge is 2.29. The summed E-state index contributed by atoms with van der Waals surface area (Å²) in [5.74, 6) is 0.0831. The molecule has 2 aliphatic rings. The van der Waals surface area contributed by atoms with E-state index in [1.807, 2.05) is 55.3 Å². The molecule has 0 unspecified atom stereocenters. The van der Waals surface area contributed by atoms with Gasteiger partial charge >= 0.3 is 0 Å². The van der Waals surface area contributed by atoms with Crippen molar-refractivity contribution in [3.05, 3.63) is 59.7 Å². The molecule has 2 aromatic carbocycles. The van der Waals surface area contributed by atoms with Crippen molar-refractivity contribution >= 4 is 21.6 Å². The van der Waals surface area contributed by atoms with Crippen LogP contribution in [0, 0.1) is 6.92 Å². The number of amides is 1. The average molecular weight is 470 g/mol. The summed E-state index contributed by atoms with van der Waals surface area (Å²) >= 11 is 0. The number of piperidine rings is 1. The third-order valence-electron chi connectivity index (χ3n) is 7.07. The summed E-state index contributed by atoms with van der Waals surface area (Å²) in [6.07, 6.45) is 7.20. The fourth-order valence-electron chi connectivity index (χ4n) is 5.00. The van der Waals surface area contributed by atoms with Gasteiger partial charge in [0.05, 0.1) is 10.5 Å². The number of sulfonamides is 1. The Morgan fingerprint density at radius 3 is 2.24 bits per heavy atom. The molecular formula is C26H35N3O3S. The van der Waals surface area contributed by atoms with Crippen LogP contribution in [-0.4, -0.2) is 51.4 Å². The molecule has 0 aromatic heterocycles. The lowest BCUT2D eigenvalue weighted by molar-refractivity contribution is 0.0697. The second kappa shape index (κ2) is 10.3. The van der Waals surface area contributed by atoms with Gasteiger partial charge in [0, 0.05) is 37.9 Å². The maximum Gasteiger partial charge on any atom is 0.255 e. The van der Waals surface area contributed by atoms with Gasteiger partial charge in [-0.15, -0.1) is 0 Å². The number of hydrogen-bond acceptors (Lipinski definition) is 4. The molecule has 2 aromatic rings. The highest BCUT2D eigenvalue weighted by atomic mass is 32.2. The summed E-state index contributed by atoms with van der Waals surface area (Å²) in [4.78, 5) is 17.8. The summed E-state index contributed by atoms with van der Waals surface area (Å²) < 4.78 is 28.4. The highest BCUT2D eigenvalue weighted by Crippen LogP contribution is 2.28. The van der Waals surface area contributed by atoms with Crippen LogP contribution in [0.15, 0.2) is 53.4 Å². The average Bonchev–Trinajstić information content (AvgIpc) is 2.84. The maximum atomic E-state index is 13.3. The zero-order valence-corrected chi connectivity index (χ0v) is 20.5. The van der Waals surface area contributed by atoms with Gasteiger partial charge < -0.3 is 9.80 Å². The van der Waals surface area contributed by atoms with E-state index >= 15 is 0 Å². The molecule has 1 saturated carbocycles. The first-order valence-electron chi connectivity index (χ1n) is 12.1. The number of nitrogens with one attached hydrogen (secondary N) is 1. The van der Waals surface area contributed by atoms with E-state index in [-0.39, 0.29) is 11.9 Å². The number of para-hydroxylation sites is 1. The Hall–Kier alpha value is -2.38. The van der Waals surface area contributed by atoms with Crippen LogP contribution in [0.25, 0.3) is 0 Å². The van der Waals surface area contributed by atoms with Gasteiger partial charge in [0.25, 0.3) is 5.91 Å². The van der Waals surface area contributed by atoms with Crippen molar-refractivity contribution in [3.63, 3.8) is 0 Å². The van der Waals surface area contributed by atoms with Crippen LogP contribution < -0.4 is 9.62 Å². The number of rotatable bonds is 6. The Bertz CT molecular complexity index is 1050. The first-order valence-corrected chi connectivity index (χ1v) is 13.5. The van der Waals surface area contributed by atoms with Crippen LogP contribution in [0.3, 0.4) is 0 Å². The standard InChI is InChI=1S/C26H35N3O3S/c1-20-12-14-23(15-13-20)33(31,32)27-21-16-18-29(19-17-21)25-11-7-6-10-24(25)26(30)28(2)22-8-4-3-5-9-22/h6-7,10-15,21-22,27H,3-5,8-9,16-19H2,1-2H3. The minimum absolute atomic E-state index is 0.0831. The second-order valence-electron chi connectivity index (χ2n) is 9.42. The number of carbonyl (C=O) groups is 1. The van der Waals surface area contributed by atoms with Gasteiger partial charge in [0.1, 0.15) is 0 Å². The Morgan fingerprint density at radius 1 is 0.939 bits per heavy atom. The summed E-state index contributed by atoms with van der Waals surface area (Å²) in [5.41, 5.74) is 2.72. The molecule has 1 N–H and O–H groups in total. The molecule has 1 saturated heterocycles. The van der Waals surface area contributed by atoms with E-state index in [2.05, 4.69) is 9.62 Å². The zero-order valence-electron chi connectivity index (χ0n) is 19.7. The van der Waals surface area contributed by atoms with E-state index < -0.39 is 10.0 Å². The highest BCUT2D eigenvalue weighted by molar-refractivity contribution is 7.89. The van der Waals surface area contributed by atoms with Crippen LogP contribution >= 0.6 is 0 Å². The quantitative estimate of drug-likeness (QED) is 0.683. The van der Waals surface area contributed by atoms with Gasteiger partial charge in [0.2, 0.25) is 10.0 Å². The first kappa shape index (κ1) is 23.8. The van der Waals surface area contributed by atoms with Crippen molar-refractivity contribution in [3.8, 4) is 0 Å². The van der Waals surface area contributed by atoms with Gasteiger partial charge in [-0.1, -0.05) is 49.1 Å². The monoisotopic (exact) mass is 469 g/mol. The van der Waals surface area contributed by atoms with Crippen molar-refractivity contribution in [2.45, 2.75) is 68.8 Å². The molecule has 0 spiro atoms. The van der Waals surface area contributed by atoms with Crippen LogP contribution in [0.4, 0.5) is 5.69 Å². The van der Waals surface area contributed by atoms with Crippen molar-refractivity contribution in [1.29, 1.82) is 0 Å². The van der Waals surface area contributed by atoms with Gasteiger partial charge in [-0.3, -0.25) is 4.79 Å². The normalized spacial score (nSPS) is 18.3. The molecule has 178 valence electrons. The summed E-state index contributed by atoms with van der Waals surface area (Å²) in [7, 11) is -1.60. The van der Waals surface area contributed by atoms with Gasteiger partial charge in [-0.25, -0.2) is 13.1 Å². The molecule has 1 aliphatic heterocycles. The summed E-state index contributed by atoms with van der Waals surface area (Å²) in [6.45, 7) is 3.35. The largest absolute Gasteiger partial charge is 0.371 e. The van der Waals surface area contributed by atoms with Crippen LogP contribution in [0.5, 0.6) is 0 Å². The molecule has 2 fully saturated rings. The van der Waals surface area contributed by atoms with E-state index in [4.69, 9.17) is 0 Å². The van der Waals surface area contributed by atoms with Crippen LogP contribution in [0.1, 0.15) is 60.9 Å². The van der Waals surface area contributed by atoms with Gasteiger partial charge in [-0.05, 0) is 56.9 Å². The third kappa shape index (κ3) is 5.58. The van der Waals surface area contributed by atoms with Crippen molar-refractivity contribution in [2.24, 2.45) is 0 Å². The molecule has 0 atom stereocenters. The minimum Gasteiger partial charge on any atom is -0.371 e. The Morgan fingerprint density at radius 2 is 1.58 bits per heavy atom. The summed E-state index contributed by atoms with van der Waals surface area (Å²) in [5, 5.41) is 0. The lowest BCUT2D eigenvalue weighted by Crippen LogP contribution is -2.45. The van der Waals surface area contributed by atoms with E-state index in [1.54, 1.807) is 12.1 Å². The van der Waals surface area contributed by atoms with Crippen molar-refractivity contribution in [2.75, 3.05) is 25.0 Å². The Kier molecular flexibility index (Phi) is 7.39. The third-order valence-corrected chi connectivity index (χ3v) is 8.60. The molecule has 0 bridgehead atoms. The SMILES string of the molecule is Cc1ccc(S(=O)(=O)NC2CCN(c3ccccc3C(=O)N(C)C3CCCCC3)CC2)cc1. The molecule has 1 aliphatic carbocycles. The van der Waals surface area contributed by atoms with Gasteiger partial charge in [0.15, 0.2) is 0 Å². The number of anilines is 1. The summed E-state index contributed by atoms with van der Waals surface area (Å²) in [6, 6.07) is 15.0. The van der Waals surface area contributed by atoms with Crippen molar-refractivity contribution in [1.82, 2.24) is 9.62 Å². The molecule has 4 rings (SSSR count). The zero-order chi connectivity index (χ0) is 23.4. The number of nitrogens with zero attached hydrogens (tertiary/aromatic N) is 2. The number of carbonyl (C=O) groups excluding carboxylic acids is 1. The lowest BCUT2D eigenvalue weighted by atomic mass is 9.94. The Balaban J connectivity index is 1.41. The van der Waals surface area contributed by atoms with Gasteiger partial charge in [-0.2, -0.15) is 0 Å². The predicted octanol–water partition coefficient (Wildman–Crippen LogP) is 4.35. The lowest BCUT2D eigenvalue weighted by Gasteiger charge is -2.36. The molecule has 7 heteroatoms. The van der Waals surface area contributed by atoms with Crippen molar-refractivity contribution < 1.29 is 13.2 Å². The van der Waals surface area contributed by atoms with Crippen LogP contribution in [0.2, 0.25) is 0 Å². The van der Waals surface area contributed by atoms with E-state index in [0.717, 1.165) is 29.7 Å². The smallest absolute Gasteiger partial charge is 0.255 e. The molecule has 0 radical (unpaired) electrons. The van der Waals surface area contributed by atoms with Crippen LogP contribution in [-0.2, 0) is 10.0 Å². The molecule has 1 heterocycles. The van der Waals surface area contributed by atoms with E-state index in [9.17, 15) is 13.2 Å². The molecule has 6 nitrogen and oxygen atoms in total. The Labute approximate surface area is 198 Å². The first-order chi connectivity index (χ1) is 15.8. The number of aryl methyl sites for hydroxylation is 1. The maximum absolute atomic E-state index is 13.3. The topological polar surface area (TPSA) is 69.7 Å². The minimum atomic E-state index is -3.53. The van der Waals surface area contributed by atoms with E-state index in [0.29, 0.717) is 36.9 Å². The number of benzene rings is 2.